The van der Waals surface area contributed by atoms with Crippen LogP contribution in [0, 0.1) is 11.7 Å². The number of piperazine rings is 1. The third-order valence-corrected chi connectivity index (χ3v) is 9.39. The maximum atomic E-state index is 13.7. The molecule has 0 bridgehead atoms. The second-order valence-corrected chi connectivity index (χ2v) is 13.2. The molecule has 3 aliphatic rings. The molecule has 12 heteroatoms. The Labute approximate surface area is 289 Å². The fourth-order valence-corrected chi connectivity index (χ4v) is 6.36. The summed E-state index contributed by atoms with van der Waals surface area (Å²) in [5.41, 5.74) is 4.32. The Morgan fingerprint density at radius 2 is 1.80 bits per heavy atom. The van der Waals surface area contributed by atoms with Gasteiger partial charge in [-0.15, -0.1) is 0 Å². The van der Waals surface area contributed by atoms with Crippen LogP contribution < -0.4 is 20.1 Å². The normalized spacial score (nSPS) is 16.5. The molecule has 0 atom stereocenters. The third-order valence-electron chi connectivity index (χ3n) is 9.10. The first-order valence-electron chi connectivity index (χ1n) is 16.7. The Kier molecular flexibility index (Phi) is 10.0. The first-order chi connectivity index (χ1) is 23.9. The Morgan fingerprint density at radius 1 is 0.980 bits per heavy atom. The standard InChI is InChI=1S/C37H38ClFN6O4/c38-30-18-27(9-11-31(30)39)42-37-29-19-33(34(48-22-24-6-7-24)20-32(29)40-23-41-37)43-35(46)5-2-12-44-13-15-45(16-14-44)21-36(47)49-28-10-8-25-3-1-4-26(25)17-28/h2,5,8-11,17-20,23-24H,1,3-4,6-7,12-16,21-22H2,(H,43,46)(H,40,41,42)/b5-2+. The van der Waals surface area contributed by atoms with Gasteiger partial charge in [-0.3, -0.25) is 19.4 Å². The third kappa shape index (κ3) is 8.54. The van der Waals surface area contributed by atoms with Crippen molar-refractivity contribution in [1.29, 1.82) is 0 Å². The molecule has 1 saturated heterocycles. The van der Waals surface area contributed by atoms with E-state index >= 15 is 0 Å². The van der Waals surface area contributed by atoms with E-state index in [1.165, 1.54) is 35.7 Å². The summed E-state index contributed by atoms with van der Waals surface area (Å²) in [5, 5.41) is 6.79. The lowest BCUT2D eigenvalue weighted by Crippen LogP contribution is -2.48. The van der Waals surface area contributed by atoms with E-state index in [4.69, 9.17) is 21.1 Å². The number of rotatable bonds is 12. The van der Waals surface area contributed by atoms with Gasteiger partial charge in [-0.2, -0.15) is 0 Å². The van der Waals surface area contributed by atoms with Gasteiger partial charge in [0.2, 0.25) is 5.91 Å². The number of hydrogen-bond acceptors (Lipinski definition) is 9. The summed E-state index contributed by atoms with van der Waals surface area (Å²) in [7, 11) is 0. The number of carbonyl (C=O) groups excluding carboxylic acids is 2. The molecule has 1 saturated carbocycles. The molecule has 254 valence electrons. The SMILES string of the molecule is O=C(/C=C/CN1CCN(CC(=O)Oc2ccc3c(c2)CCC3)CC1)Nc1cc2c(Nc3ccc(F)c(Cl)c3)ncnc2cc1OCC1CC1. The van der Waals surface area contributed by atoms with Crippen molar-refractivity contribution in [1.82, 2.24) is 19.8 Å². The number of fused-ring (bicyclic) bond motifs is 2. The number of nitrogens with zero attached hydrogens (tertiary/aromatic N) is 4. The van der Waals surface area contributed by atoms with Gasteiger partial charge in [0.25, 0.3) is 0 Å². The Hall–Kier alpha value is -4.58. The van der Waals surface area contributed by atoms with Gasteiger partial charge in [-0.1, -0.05) is 23.7 Å². The number of nitrogens with one attached hydrogen (secondary N) is 2. The number of ether oxygens (including phenoxy) is 2. The van der Waals surface area contributed by atoms with Crippen LogP contribution in [-0.2, 0) is 22.4 Å². The number of anilines is 3. The lowest BCUT2D eigenvalue weighted by molar-refractivity contribution is -0.136. The van der Waals surface area contributed by atoms with Crippen molar-refractivity contribution in [2.45, 2.75) is 32.1 Å². The Morgan fingerprint density at radius 3 is 2.61 bits per heavy atom. The molecule has 4 aromatic rings. The lowest BCUT2D eigenvalue weighted by atomic mass is 10.1. The topological polar surface area (TPSA) is 109 Å². The zero-order valence-corrected chi connectivity index (χ0v) is 27.8. The first kappa shape index (κ1) is 32.9. The van der Waals surface area contributed by atoms with Crippen LogP contribution in [0.5, 0.6) is 11.5 Å². The van der Waals surface area contributed by atoms with Crippen molar-refractivity contribution in [2.24, 2.45) is 5.92 Å². The number of hydrogen-bond donors (Lipinski definition) is 2. The average molecular weight is 685 g/mol. The molecule has 0 unspecified atom stereocenters. The fourth-order valence-electron chi connectivity index (χ4n) is 6.17. The second-order valence-electron chi connectivity index (χ2n) is 12.8. The van der Waals surface area contributed by atoms with Crippen molar-refractivity contribution in [3.8, 4) is 11.5 Å². The van der Waals surface area contributed by atoms with Crippen LogP contribution in [0.3, 0.4) is 0 Å². The number of aryl methyl sites for hydroxylation is 2. The molecule has 1 aromatic heterocycles. The van der Waals surface area contributed by atoms with E-state index in [0.717, 1.165) is 58.3 Å². The Balaban J connectivity index is 0.939. The maximum Gasteiger partial charge on any atom is 0.325 e. The van der Waals surface area contributed by atoms with Crippen molar-refractivity contribution in [3.05, 3.63) is 89.0 Å². The van der Waals surface area contributed by atoms with Gasteiger partial charge in [0.05, 0.1) is 29.4 Å². The van der Waals surface area contributed by atoms with Crippen LogP contribution >= 0.6 is 11.6 Å². The number of carbonyl (C=O) groups is 2. The number of esters is 1. The predicted molar refractivity (Wildman–Crippen MR) is 187 cm³/mol. The van der Waals surface area contributed by atoms with E-state index in [1.54, 1.807) is 18.2 Å². The summed E-state index contributed by atoms with van der Waals surface area (Å²) >= 11 is 5.98. The number of aromatic nitrogens is 2. The molecule has 7 rings (SSSR count). The Bertz CT molecular complexity index is 1890. The summed E-state index contributed by atoms with van der Waals surface area (Å²) in [4.78, 5) is 38.8. The summed E-state index contributed by atoms with van der Waals surface area (Å²) in [5.74, 6) is 1.09. The fraction of sp³-hybridized carbons (Fsp3) is 0.351. The highest BCUT2D eigenvalue weighted by Crippen LogP contribution is 2.36. The molecular formula is C37H38ClFN6O4. The minimum atomic E-state index is -0.513. The lowest BCUT2D eigenvalue weighted by Gasteiger charge is -2.33. The highest BCUT2D eigenvalue weighted by molar-refractivity contribution is 6.31. The molecule has 2 N–H and O–H groups in total. The van der Waals surface area contributed by atoms with E-state index in [-0.39, 0.29) is 23.4 Å². The average Bonchev–Trinajstić information content (AvgIpc) is 3.81. The second kappa shape index (κ2) is 14.9. The number of halogens is 2. The summed E-state index contributed by atoms with van der Waals surface area (Å²) in [6, 6.07) is 13.9. The van der Waals surface area contributed by atoms with Crippen LogP contribution in [0.1, 0.15) is 30.4 Å². The van der Waals surface area contributed by atoms with Crippen molar-refractivity contribution in [2.75, 3.05) is 56.5 Å². The maximum absolute atomic E-state index is 13.7. The number of benzene rings is 3. The van der Waals surface area contributed by atoms with Crippen LogP contribution in [0.25, 0.3) is 10.9 Å². The van der Waals surface area contributed by atoms with Crippen molar-refractivity contribution in [3.63, 3.8) is 0 Å². The quantitative estimate of drug-likeness (QED) is 0.103. The van der Waals surface area contributed by atoms with Gasteiger partial charge in [0.1, 0.15) is 29.5 Å². The van der Waals surface area contributed by atoms with Crippen LogP contribution in [0.4, 0.5) is 21.6 Å². The first-order valence-corrected chi connectivity index (χ1v) is 17.1. The molecule has 2 aliphatic carbocycles. The van der Waals surface area contributed by atoms with Gasteiger partial charge < -0.3 is 20.1 Å². The summed E-state index contributed by atoms with van der Waals surface area (Å²) < 4.78 is 25.5. The molecule has 49 heavy (non-hydrogen) atoms. The monoisotopic (exact) mass is 684 g/mol. The van der Waals surface area contributed by atoms with Crippen LogP contribution in [0.2, 0.25) is 5.02 Å². The van der Waals surface area contributed by atoms with Gasteiger partial charge in [-0.05, 0) is 85.5 Å². The van der Waals surface area contributed by atoms with Gasteiger partial charge in [0.15, 0.2) is 0 Å². The predicted octanol–water partition coefficient (Wildman–Crippen LogP) is 6.16. The largest absolute Gasteiger partial charge is 0.491 e. The zero-order chi connectivity index (χ0) is 33.7. The van der Waals surface area contributed by atoms with Gasteiger partial charge in [-0.25, -0.2) is 14.4 Å². The minimum Gasteiger partial charge on any atom is -0.491 e. The van der Waals surface area contributed by atoms with Crippen molar-refractivity contribution >= 4 is 51.6 Å². The molecule has 0 spiro atoms. The molecule has 3 aromatic carbocycles. The molecule has 2 fully saturated rings. The highest BCUT2D eigenvalue weighted by atomic mass is 35.5. The molecular weight excluding hydrogens is 647 g/mol. The smallest absolute Gasteiger partial charge is 0.325 e. The van der Waals surface area contributed by atoms with Crippen LogP contribution in [0.15, 0.2) is 67.0 Å². The molecule has 1 amide bonds. The highest BCUT2D eigenvalue weighted by Gasteiger charge is 2.24. The molecule has 1 aliphatic heterocycles. The minimum absolute atomic E-state index is 0.00789. The van der Waals surface area contributed by atoms with Crippen molar-refractivity contribution < 1.29 is 23.5 Å². The van der Waals surface area contributed by atoms with E-state index in [2.05, 4.69) is 36.5 Å². The zero-order valence-electron chi connectivity index (χ0n) is 27.1. The summed E-state index contributed by atoms with van der Waals surface area (Å²) in [6.45, 7) is 4.44. The van der Waals surface area contributed by atoms with E-state index in [1.807, 2.05) is 18.2 Å². The van der Waals surface area contributed by atoms with Gasteiger partial charge in [0, 0.05) is 55.9 Å². The molecule has 10 nitrogen and oxygen atoms in total. The molecule has 0 radical (unpaired) electrons. The molecule has 2 heterocycles. The van der Waals surface area contributed by atoms with E-state index < -0.39 is 5.82 Å². The number of amides is 1. The summed E-state index contributed by atoms with van der Waals surface area (Å²) in [6.07, 6.45) is 10.3. The van der Waals surface area contributed by atoms with Gasteiger partial charge >= 0.3 is 5.97 Å². The van der Waals surface area contributed by atoms with E-state index in [0.29, 0.717) is 58.7 Å². The van der Waals surface area contributed by atoms with E-state index in [9.17, 15) is 14.0 Å². The van der Waals surface area contributed by atoms with Crippen LogP contribution in [-0.4, -0.2) is 77.5 Å².